The second kappa shape index (κ2) is 5.97. The first-order valence-corrected chi connectivity index (χ1v) is 13.5. The Kier molecular flexibility index (Phi) is 5.83. The van der Waals surface area contributed by atoms with Crippen molar-refractivity contribution in [2.45, 2.75) is 58.6 Å². The first-order chi connectivity index (χ1) is 7.53. The fourth-order valence-electron chi connectivity index (χ4n) is 1.24. The van der Waals surface area contributed by atoms with Gasteiger partial charge in [0.1, 0.15) is 0 Å². The molecule has 1 atom stereocenters. The van der Waals surface area contributed by atoms with E-state index in [1.54, 1.807) is 0 Å². The fraction of sp³-hybridized carbons (Fsp3) is 0.750. The summed E-state index contributed by atoms with van der Waals surface area (Å²) in [7, 11) is -3.17. The highest BCUT2D eigenvalue weighted by atomic mass is 29.3. The van der Waals surface area contributed by atoms with Crippen molar-refractivity contribution in [1.29, 1.82) is 0 Å². The van der Waals surface area contributed by atoms with Gasteiger partial charge in [0.2, 0.25) is 0 Å². The molecule has 1 N–H and O–H groups in total. The molecule has 0 aliphatic rings. The highest BCUT2D eigenvalue weighted by Crippen LogP contribution is 2.25. The van der Waals surface area contributed by atoms with Gasteiger partial charge < -0.3 is 9.53 Å². The van der Waals surface area contributed by atoms with E-state index in [9.17, 15) is 4.79 Å². The highest BCUT2D eigenvalue weighted by Gasteiger charge is 2.41. The number of carboxylic acid groups (broad SMARTS) is 1. The average Bonchev–Trinajstić information content (AvgIpc) is 2.13. The lowest BCUT2D eigenvalue weighted by Gasteiger charge is -2.38. The van der Waals surface area contributed by atoms with Crippen LogP contribution in [0.4, 0.5) is 0 Å². The number of hydrogen-bond donors (Lipinski definition) is 1. The molecule has 0 fully saturated rings. The Hall–Kier alpha value is -0.396. The molecule has 0 heterocycles. The van der Waals surface area contributed by atoms with E-state index in [1.807, 2.05) is 6.92 Å². The molecule has 0 saturated heterocycles. The third kappa shape index (κ3) is 4.77. The molecule has 0 radical (unpaired) electrons. The van der Waals surface area contributed by atoms with Crippen LogP contribution in [0.1, 0.15) is 19.8 Å². The van der Waals surface area contributed by atoms with Crippen LogP contribution in [0.15, 0.2) is 12.2 Å². The van der Waals surface area contributed by atoms with Crippen molar-refractivity contribution in [2.75, 3.05) is 0 Å². The van der Waals surface area contributed by atoms with Crippen LogP contribution < -0.4 is 0 Å². The Morgan fingerprint density at radius 2 is 1.76 bits per heavy atom. The van der Waals surface area contributed by atoms with Gasteiger partial charge in [-0.1, -0.05) is 39.6 Å². The largest absolute Gasteiger partial charge is 0.478 e. The lowest BCUT2D eigenvalue weighted by atomic mass is 10.1. The number of hydrogen-bond acceptors (Lipinski definition) is 2. The SMILES string of the molecule is C=C(C(=O)O)C(CCC)O[Si](C)(C)[Si](C)(C)C. The molecule has 0 saturated carbocycles. The minimum Gasteiger partial charge on any atom is -0.478 e. The first kappa shape index (κ1) is 16.6. The Morgan fingerprint density at radius 1 is 1.29 bits per heavy atom. The fourth-order valence-corrected chi connectivity index (χ4v) is 4.05. The number of aliphatic carboxylic acids is 1. The van der Waals surface area contributed by atoms with Gasteiger partial charge in [-0.15, -0.1) is 0 Å². The third-order valence-corrected chi connectivity index (χ3v) is 19.1. The molecule has 0 aliphatic heterocycles. The number of carbonyl (C=O) groups is 1. The molecule has 0 aromatic carbocycles. The normalized spacial score (nSPS) is 14.5. The summed E-state index contributed by atoms with van der Waals surface area (Å²) in [5, 5.41) is 9.03. The summed E-state index contributed by atoms with van der Waals surface area (Å²) in [5.74, 6) is -0.941. The summed E-state index contributed by atoms with van der Waals surface area (Å²) in [6, 6.07) is 0. The van der Waals surface area contributed by atoms with Gasteiger partial charge >= 0.3 is 5.97 Å². The summed E-state index contributed by atoms with van der Waals surface area (Å²) in [4.78, 5) is 11.0. The first-order valence-electron chi connectivity index (χ1n) is 6.13. The van der Waals surface area contributed by atoms with Gasteiger partial charge in [-0.2, -0.15) is 0 Å². The van der Waals surface area contributed by atoms with E-state index in [0.717, 1.165) is 12.8 Å². The van der Waals surface area contributed by atoms with Crippen molar-refractivity contribution >= 4 is 21.4 Å². The van der Waals surface area contributed by atoms with Crippen molar-refractivity contribution in [3.8, 4) is 0 Å². The minimum absolute atomic E-state index is 0.200. The predicted molar refractivity (Wildman–Crippen MR) is 77.4 cm³/mol. The maximum absolute atomic E-state index is 11.0. The predicted octanol–water partition coefficient (Wildman–Crippen LogP) is 3.43. The van der Waals surface area contributed by atoms with E-state index in [0.29, 0.717) is 0 Å². The molecule has 0 rings (SSSR count). The Bertz CT molecular complexity index is 293. The number of rotatable bonds is 7. The van der Waals surface area contributed by atoms with Gasteiger partial charge in [-0.05, 0) is 19.5 Å². The quantitative estimate of drug-likeness (QED) is 0.571. The topological polar surface area (TPSA) is 46.5 Å². The summed E-state index contributed by atoms with van der Waals surface area (Å²) >= 11 is 0. The van der Waals surface area contributed by atoms with E-state index >= 15 is 0 Å². The molecule has 1 unspecified atom stereocenters. The summed E-state index contributed by atoms with van der Waals surface area (Å²) in [6.45, 7) is 16.9. The maximum Gasteiger partial charge on any atom is 0.333 e. The van der Waals surface area contributed by atoms with Gasteiger partial charge in [-0.25, -0.2) is 4.79 Å². The molecule has 0 amide bonds. The summed E-state index contributed by atoms with van der Waals surface area (Å²) in [5.41, 5.74) is 0.200. The Morgan fingerprint density at radius 3 is 2.06 bits per heavy atom. The average molecular weight is 275 g/mol. The zero-order valence-electron chi connectivity index (χ0n) is 12.0. The second-order valence-corrected chi connectivity index (χ2v) is 21.9. The molecule has 0 bridgehead atoms. The molecule has 100 valence electrons. The van der Waals surface area contributed by atoms with Crippen molar-refractivity contribution < 1.29 is 14.3 Å². The van der Waals surface area contributed by atoms with E-state index in [1.165, 1.54) is 0 Å². The minimum atomic E-state index is -1.80. The van der Waals surface area contributed by atoms with Crippen molar-refractivity contribution in [1.82, 2.24) is 0 Å². The van der Waals surface area contributed by atoms with Crippen molar-refractivity contribution in [3.05, 3.63) is 12.2 Å². The molecule has 0 aliphatic carbocycles. The van der Waals surface area contributed by atoms with E-state index in [2.05, 4.69) is 39.3 Å². The number of carboxylic acids is 1. The maximum atomic E-state index is 11.0. The highest BCUT2D eigenvalue weighted by molar-refractivity contribution is 7.37. The molecule has 5 heteroatoms. The standard InChI is InChI=1S/C12H26O3Si2/c1-8-9-11(10(2)12(13)14)15-17(6,7)16(3,4)5/h11H,2,8-9H2,1,3-7H3,(H,13,14). The van der Waals surface area contributed by atoms with Gasteiger partial charge in [0.15, 0.2) is 7.83 Å². The zero-order valence-corrected chi connectivity index (χ0v) is 14.0. The third-order valence-electron chi connectivity index (χ3n) is 3.46. The summed E-state index contributed by atoms with van der Waals surface area (Å²) in [6.07, 6.45) is 1.34. The van der Waals surface area contributed by atoms with Crippen LogP contribution in [-0.4, -0.2) is 32.6 Å². The van der Waals surface area contributed by atoms with Crippen molar-refractivity contribution in [3.63, 3.8) is 0 Å². The molecule has 0 aromatic rings. The monoisotopic (exact) mass is 274 g/mol. The zero-order chi connectivity index (χ0) is 13.9. The van der Waals surface area contributed by atoms with Gasteiger partial charge in [0.25, 0.3) is 0 Å². The van der Waals surface area contributed by atoms with Crippen molar-refractivity contribution in [2.24, 2.45) is 0 Å². The van der Waals surface area contributed by atoms with E-state index in [4.69, 9.17) is 9.53 Å². The van der Waals surface area contributed by atoms with Crippen LogP contribution in [0.3, 0.4) is 0 Å². The molecular formula is C12H26O3Si2. The van der Waals surface area contributed by atoms with Crippen LogP contribution in [0, 0.1) is 0 Å². The lowest BCUT2D eigenvalue weighted by molar-refractivity contribution is -0.133. The van der Waals surface area contributed by atoms with Crippen LogP contribution in [-0.2, 0) is 9.22 Å². The van der Waals surface area contributed by atoms with Gasteiger partial charge in [-0.3, -0.25) is 0 Å². The Labute approximate surface area is 107 Å². The molecule has 17 heavy (non-hydrogen) atoms. The molecule has 0 spiro atoms. The smallest absolute Gasteiger partial charge is 0.333 e. The van der Waals surface area contributed by atoms with Crippen LogP contribution in [0.5, 0.6) is 0 Å². The lowest BCUT2D eigenvalue weighted by Crippen LogP contribution is -2.56. The van der Waals surface area contributed by atoms with Gasteiger partial charge in [0, 0.05) is 0 Å². The molecule has 3 nitrogen and oxygen atoms in total. The Balaban J connectivity index is 4.89. The van der Waals surface area contributed by atoms with Crippen LogP contribution in [0.2, 0.25) is 32.7 Å². The van der Waals surface area contributed by atoms with Crippen LogP contribution in [0.25, 0.3) is 0 Å². The van der Waals surface area contributed by atoms with E-state index in [-0.39, 0.29) is 11.7 Å². The van der Waals surface area contributed by atoms with E-state index < -0.39 is 21.4 Å². The molecule has 0 aromatic heterocycles. The van der Waals surface area contributed by atoms with Crippen LogP contribution >= 0.6 is 0 Å². The molecular weight excluding hydrogens is 248 g/mol. The van der Waals surface area contributed by atoms with Gasteiger partial charge in [0.05, 0.1) is 19.3 Å². The summed E-state index contributed by atoms with van der Waals surface area (Å²) < 4.78 is 6.19. The second-order valence-electron chi connectivity index (χ2n) is 5.99.